The van der Waals surface area contributed by atoms with Gasteiger partial charge in [-0.05, 0) is 62.3 Å². The zero-order valence-electron chi connectivity index (χ0n) is 18.5. The molecule has 0 N–H and O–H groups in total. The van der Waals surface area contributed by atoms with Gasteiger partial charge in [-0.15, -0.1) is 11.8 Å². The topological polar surface area (TPSA) is 26.8 Å². The van der Waals surface area contributed by atoms with Crippen molar-refractivity contribution in [1.82, 2.24) is 4.90 Å². The van der Waals surface area contributed by atoms with Crippen LogP contribution in [0.2, 0.25) is 10.0 Å². The first-order chi connectivity index (χ1) is 15.5. The Labute approximate surface area is 205 Å². The zero-order chi connectivity index (χ0) is 22.7. The van der Waals surface area contributed by atoms with Crippen molar-refractivity contribution in [3.05, 3.63) is 63.0 Å². The highest BCUT2D eigenvalue weighted by molar-refractivity contribution is 8.03. The van der Waals surface area contributed by atoms with E-state index < -0.39 is 0 Å². The molecule has 0 spiro atoms. The van der Waals surface area contributed by atoms with Crippen LogP contribution in [0.15, 0.2) is 47.4 Å². The van der Waals surface area contributed by atoms with E-state index in [1.54, 1.807) is 17.8 Å². The third-order valence-corrected chi connectivity index (χ3v) is 8.21. The van der Waals surface area contributed by atoms with E-state index in [1.165, 1.54) is 25.1 Å². The van der Waals surface area contributed by atoms with Crippen molar-refractivity contribution < 1.29 is 4.79 Å². The maximum Gasteiger partial charge on any atom is 0.147 e. The van der Waals surface area contributed by atoms with E-state index in [2.05, 4.69) is 59.1 Å². The standard InChI is InChI=1S/C25H29Cl2N3OS/c1-28-11-5-7-20(28)16-29(2)23-8-4-3-6-18(23)14-25-24(17-31)30(12-13-32-25)19-9-10-21(26)22(27)15-19/h3-4,6,8-10,14-15,17,20,24H,5,7,11-13,16H2,1-2H3. The number of hydrogen-bond acceptors (Lipinski definition) is 5. The van der Waals surface area contributed by atoms with Crippen LogP contribution in [-0.2, 0) is 4.79 Å². The predicted molar refractivity (Wildman–Crippen MR) is 139 cm³/mol. The van der Waals surface area contributed by atoms with Gasteiger partial charge in [0.15, 0.2) is 0 Å². The van der Waals surface area contributed by atoms with Gasteiger partial charge in [-0.3, -0.25) is 0 Å². The second kappa shape index (κ2) is 10.5. The number of likely N-dealkylation sites (N-methyl/N-ethyl adjacent to an activating group) is 2. The number of para-hydroxylation sites is 1. The third-order valence-electron chi connectivity index (χ3n) is 6.39. The van der Waals surface area contributed by atoms with Gasteiger partial charge in [0.05, 0.1) is 10.0 Å². The van der Waals surface area contributed by atoms with Gasteiger partial charge in [-0.2, -0.15) is 0 Å². The van der Waals surface area contributed by atoms with Crippen LogP contribution in [0.4, 0.5) is 11.4 Å². The molecule has 0 bridgehead atoms. The van der Waals surface area contributed by atoms with E-state index in [1.807, 2.05) is 12.1 Å². The van der Waals surface area contributed by atoms with Gasteiger partial charge < -0.3 is 19.5 Å². The summed E-state index contributed by atoms with van der Waals surface area (Å²) in [6, 6.07) is 14.2. The molecule has 7 heteroatoms. The lowest BCUT2D eigenvalue weighted by Crippen LogP contribution is -2.42. The molecule has 0 saturated carbocycles. The van der Waals surface area contributed by atoms with Crippen LogP contribution >= 0.6 is 35.0 Å². The Morgan fingerprint density at radius 1 is 1.16 bits per heavy atom. The Hall–Kier alpha value is -1.66. The lowest BCUT2D eigenvalue weighted by Gasteiger charge is -2.36. The molecule has 2 fully saturated rings. The van der Waals surface area contributed by atoms with Gasteiger partial charge in [0.2, 0.25) is 0 Å². The van der Waals surface area contributed by atoms with E-state index >= 15 is 0 Å². The summed E-state index contributed by atoms with van der Waals surface area (Å²) < 4.78 is 0. The summed E-state index contributed by atoms with van der Waals surface area (Å²) in [5.74, 6) is 0.904. The lowest BCUT2D eigenvalue weighted by molar-refractivity contribution is -0.108. The van der Waals surface area contributed by atoms with Gasteiger partial charge in [-0.1, -0.05) is 41.4 Å². The first-order valence-electron chi connectivity index (χ1n) is 11.0. The molecule has 2 heterocycles. The van der Waals surface area contributed by atoms with E-state index in [9.17, 15) is 4.79 Å². The van der Waals surface area contributed by atoms with E-state index in [0.717, 1.165) is 41.3 Å². The summed E-state index contributed by atoms with van der Waals surface area (Å²) in [5.41, 5.74) is 3.25. The number of anilines is 2. The highest BCUT2D eigenvalue weighted by Gasteiger charge is 2.28. The molecule has 2 atom stereocenters. The monoisotopic (exact) mass is 489 g/mol. The smallest absolute Gasteiger partial charge is 0.147 e. The fourth-order valence-corrected chi connectivity index (χ4v) is 5.98. The largest absolute Gasteiger partial charge is 0.373 e. The Kier molecular flexibility index (Phi) is 7.72. The van der Waals surface area contributed by atoms with Gasteiger partial charge in [0.25, 0.3) is 0 Å². The minimum absolute atomic E-state index is 0.342. The third kappa shape index (κ3) is 5.12. The van der Waals surface area contributed by atoms with E-state index in [-0.39, 0.29) is 6.04 Å². The summed E-state index contributed by atoms with van der Waals surface area (Å²) in [5, 5.41) is 1.02. The molecule has 4 rings (SSSR count). The van der Waals surface area contributed by atoms with Crippen molar-refractivity contribution >= 4 is 58.7 Å². The van der Waals surface area contributed by atoms with E-state index in [4.69, 9.17) is 23.2 Å². The predicted octanol–water partition coefficient (Wildman–Crippen LogP) is 5.69. The molecule has 2 aliphatic heterocycles. The van der Waals surface area contributed by atoms with Crippen molar-refractivity contribution in [3.63, 3.8) is 0 Å². The van der Waals surface area contributed by atoms with Crippen molar-refractivity contribution in [2.75, 3.05) is 49.3 Å². The number of nitrogens with zero attached hydrogens (tertiary/aromatic N) is 3. The van der Waals surface area contributed by atoms with Crippen LogP contribution in [0.25, 0.3) is 6.08 Å². The summed E-state index contributed by atoms with van der Waals surface area (Å²) in [7, 11) is 4.38. The quantitative estimate of drug-likeness (QED) is 0.486. The van der Waals surface area contributed by atoms with Crippen molar-refractivity contribution in [2.45, 2.75) is 24.9 Å². The molecule has 2 aromatic rings. The van der Waals surface area contributed by atoms with Crippen LogP contribution in [0.3, 0.4) is 0 Å². The Bertz CT molecular complexity index is 999. The molecule has 2 saturated heterocycles. The van der Waals surface area contributed by atoms with Crippen LogP contribution < -0.4 is 9.80 Å². The Balaban J connectivity index is 1.61. The summed E-state index contributed by atoms with van der Waals surface area (Å²) >= 11 is 14.1. The van der Waals surface area contributed by atoms with E-state index in [0.29, 0.717) is 16.1 Å². The molecule has 0 aliphatic carbocycles. The molecular weight excluding hydrogens is 461 g/mol. The van der Waals surface area contributed by atoms with Crippen LogP contribution in [0, 0.1) is 0 Å². The second-order valence-corrected chi connectivity index (χ2v) is 10.5. The Morgan fingerprint density at radius 2 is 1.97 bits per heavy atom. The maximum absolute atomic E-state index is 12.2. The number of rotatable bonds is 6. The van der Waals surface area contributed by atoms with Gasteiger partial charge in [0.1, 0.15) is 12.3 Å². The molecule has 0 radical (unpaired) electrons. The van der Waals surface area contributed by atoms with Crippen LogP contribution in [-0.4, -0.2) is 62.8 Å². The fourth-order valence-electron chi connectivity index (χ4n) is 4.60. The zero-order valence-corrected chi connectivity index (χ0v) is 20.8. The number of benzene rings is 2. The van der Waals surface area contributed by atoms with Crippen molar-refractivity contribution in [1.29, 1.82) is 0 Å². The van der Waals surface area contributed by atoms with Crippen LogP contribution in [0.1, 0.15) is 18.4 Å². The molecule has 0 amide bonds. The SMILES string of the molecule is CN(CC1CCCN1C)c1ccccc1C=C1SCCN(c2ccc(Cl)c(Cl)c2)C1C=O. The fraction of sp³-hybridized carbons (Fsp3) is 0.400. The summed E-state index contributed by atoms with van der Waals surface area (Å²) in [6.45, 7) is 2.95. The van der Waals surface area contributed by atoms with Crippen LogP contribution in [0.5, 0.6) is 0 Å². The minimum Gasteiger partial charge on any atom is -0.373 e. The highest BCUT2D eigenvalue weighted by atomic mass is 35.5. The molecule has 2 unspecified atom stereocenters. The number of thioether (sulfide) groups is 1. The average molecular weight is 491 g/mol. The number of hydrogen-bond donors (Lipinski definition) is 0. The molecule has 2 aromatic carbocycles. The molecule has 170 valence electrons. The lowest BCUT2D eigenvalue weighted by atomic mass is 10.1. The average Bonchev–Trinajstić information content (AvgIpc) is 3.20. The molecule has 0 aromatic heterocycles. The van der Waals surface area contributed by atoms with Gasteiger partial charge in [0, 0.05) is 48.2 Å². The van der Waals surface area contributed by atoms with Gasteiger partial charge in [-0.25, -0.2) is 0 Å². The summed E-state index contributed by atoms with van der Waals surface area (Å²) in [4.78, 5) is 20.2. The molecule has 2 aliphatic rings. The molecular formula is C25H29Cl2N3OS. The van der Waals surface area contributed by atoms with Crippen molar-refractivity contribution in [2.24, 2.45) is 0 Å². The first kappa shape index (κ1) is 23.5. The number of likely N-dealkylation sites (tertiary alicyclic amines) is 1. The number of aldehydes is 1. The van der Waals surface area contributed by atoms with Gasteiger partial charge >= 0.3 is 0 Å². The molecule has 32 heavy (non-hydrogen) atoms. The minimum atomic E-state index is -0.342. The first-order valence-corrected chi connectivity index (χ1v) is 12.7. The summed E-state index contributed by atoms with van der Waals surface area (Å²) in [6.07, 6.45) is 5.71. The highest BCUT2D eigenvalue weighted by Crippen LogP contribution is 2.36. The second-order valence-electron chi connectivity index (χ2n) is 8.48. The number of carbonyl (C=O) groups is 1. The number of halogens is 2. The number of carbonyl (C=O) groups excluding carboxylic acids is 1. The normalized spacial score (nSPS) is 23.0. The Morgan fingerprint density at radius 3 is 2.69 bits per heavy atom. The maximum atomic E-state index is 12.2. The van der Waals surface area contributed by atoms with Crippen molar-refractivity contribution in [3.8, 4) is 0 Å². The molecule has 4 nitrogen and oxygen atoms in total.